The fourth-order valence-corrected chi connectivity index (χ4v) is 7.29. The van der Waals surface area contributed by atoms with E-state index >= 15 is 0 Å². The van der Waals surface area contributed by atoms with Gasteiger partial charge in [0, 0.05) is 49.0 Å². The molecule has 55 heavy (non-hydrogen) atoms. The van der Waals surface area contributed by atoms with Gasteiger partial charge < -0.3 is 40.1 Å². The van der Waals surface area contributed by atoms with E-state index in [1.54, 1.807) is 42.5 Å². The summed E-state index contributed by atoms with van der Waals surface area (Å²) in [6.07, 6.45) is -0.360. The minimum atomic E-state index is -0.776. The maximum absolute atomic E-state index is 11.3. The van der Waals surface area contributed by atoms with Crippen molar-refractivity contribution in [1.82, 2.24) is 0 Å². The average Bonchev–Trinajstić information content (AvgIpc) is 3.83. The number of nitrogen functional groups attached to an aromatic ring is 1. The number of methoxy groups -OCH3 is 3. The van der Waals surface area contributed by atoms with Crippen LogP contribution in [0.25, 0.3) is 5.53 Å². The first-order valence-electron chi connectivity index (χ1n) is 16.1. The van der Waals surface area contributed by atoms with Crippen molar-refractivity contribution < 1.29 is 48.0 Å². The van der Waals surface area contributed by atoms with Crippen molar-refractivity contribution >= 4 is 98.3 Å². The molecule has 0 radical (unpaired) electrons. The van der Waals surface area contributed by atoms with Crippen LogP contribution in [0.4, 0.5) is 5.69 Å². The van der Waals surface area contributed by atoms with Gasteiger partial charge in [0.05, 0.1) is 38.5 Å². The summed E-state index contributed by atoms with van der Waals surface area (Å²) in [7, 11) is 3.83. The predicted octanol–water partition coefficient (Wildman–Crippen LogP) is 8.23. The monoisotopic (exact) mass is 945 g/mol. The second-order valence-corrected chi connectivity index (χ2v) is 13.8. The smallest absolute Gasteiger partial charge is 0.416 e. The van der Waals surface area contributed by atoms with Crippen molar-refractivity contribution in [2.75, 3.05) is 27.1 Å². The highest BCUT2D eigenvalue weighted by molar-refractivity contribution is 14.1. The zero-order valence-electron chi connectivity index (χ0n) is 29.9. The highest BCUT2D eigenvalue weighted by atomic mass is 127. The van der Waals surface area contributed by atoms with E-state index in [2.05, 4.69) is 54.6 Å². The summed E-state index contributed by atoms with van der Waals surface area (Å²) in [5.41, 5.74) is 19.0. The summed E-state index contributed by atoms with van der Waals surface area (Å²) >= 11 is 26.0. The quantitative estimate of drug-likeness (QED) is 0.0280. The molecule has 0 aromatic heterocycles. The molecule has 2 aliphatic heterocycles. The zero-order chi connectivity index (χ0) is 40.8. The lowest BCUT2D eigenvalue weighted by Crippen LogP contribution is -2.26. The Bertz CT molecular complexity index is 2040. The number of carbonyl (C=O) groups is 3. The standard InChI is InChI=1S/C10H9ClN2O3.C10H10ClNO3.C10H9ClO3.C8H8ClI/c1-16-10(15)8(13-12)5-6-7(11)3-2-4-9(6)14;1-14-10(13)8-4-5-7(15-8)3-2-6(12)9(5)11;1-13-10(12)9-5-6-7(11)3-2-4-8(6)14-9;1-6-3-2-4-8(9)7(6)5-10/h2-4,14H,5H2,1H3;2-3,8H,4,12H2,1H3;2-4,9H,5H2,1H3;2-4H,5H2,1H3. The van der Waals surface area contributed by atoms with Gasteiger partial charge in [-0.15, -0.1) is 0 Å². The molecule has 0 spiro atoms. The number of nitrogens with two attached hydrogens (primary N) is 1. The highest BCUT2D eigenvalue weighted by Crippen LogP contribution is 2.38. The Balaban J connectivity index is 0.000000199. The summed E-state index contributed by atoms with van der Waals surface area (Å²) in [5.74, 6) is -0.338. The molecule has 0 saturated carbocycles. The molecule has 2 aliphatic rings. The van der Waals surface area contributed by atoms with Gasteiger partial charge in [-0.3, -0.25) is 0 Å². The van der Waals surface area contributed by atoms with Gasteiger partial charge in [-0.05, 0) is 60.5 Å². The van der Waals surface area contributed by atoms with Crippen LogP contribution in [0.3, 0.4) is 0 Å². The highest BCUT2D eigenvalue weighted by Gasteiger charge is 2.32. The Hall–Kier alpha value is -4.24. The Morgan fingerprint density at radius 1 is 0.800 bits per heavy atom. The van der Waals surface area contributed by atoms with Crippen molar-refractivity contribution in [2.24, 2.45) is 0 Å². The van der Waals surface area contributed by atoms with Crippen LogP contribution in [0.15, 0.2) is 66.7 Å². The average molecular weight is 947 g/mol. The SMILES string of the molecule is COC(=O)C(Cc1c(O)cccc1Cl)=[N+]=[N-].COC(=O)C1Cc2c(Cl)cccc2O1.COC(=O)C1Cc2c(ccc(N)c2Cl)O1.Cc1cccc(Cl)c1CI. The lowest BCUT2D eigenvalue weighted by molar-refractivity contribution is -0.148. The Kier molecular flexibility index (Phi) is 17.9. The maximum Gasteiger partial charge on any atom is 0.416 e. The van der Waals surface area contributed by atoms with Crippen LogP contribution in [0.5, 0.6) is 17.2 Å². The third-order valence-electron chi connectivity index (χ3n) is 8.02. The molecular formula is C38H36Cl4IN3O9. The van der Waals surface area contributed by atoms with E-state index in [0.29, 0.717) is 45.6 Å². The minimum Gasteiger partial charge on any atom is -0.508 e. The van der Waals surface area contributed by atoms with Gasteiger partial charge in [-0.1, -0.05) is 93.3 Å². The second-order valence-electron chi connectivity index (χ2n) is 11.5. The van der Waals surface area contributed by atoms with E-state index < -0.39 is 24.1 Å². The molecule has 12 nitrogen and oxygen atoms in total. The molecule has 17 heteroatoms. The number of hydrogen-bond donors (Lipinski definition) is 2. The van der Waals surface area contributed by atoms with Crippen molar-refractivity contribution in [3.63, 3.8) is 0 Å². The molecule has 6 rings (SSSR count). The Morgan fingerprint density at radius 2 is 1.33 bits per heavy atom. The number of alkyl halides is 1. The third-order valence-corrected chi connectivity index (χ3v) is 10.3. The van der Waals surface area contributed by atoms with Gasteiger partial charge in [0.15, 0.2) is 12.2 Å². The molecule has 2 atom stereocenters. The fraction of sp³-hybridized carbons (Fsp3) is 0.263. The lowest BCUT2D eigenvalue weighted by Gasteiger charge is -2.06. The number of rotatable bonds is 6. The van der Waals surface area contributed by atoms with E-state index in [1.165, 1.54) is 38.5 Å². The molecule has 2 heterocycles. The molecule has 4 aromatic rings. The molecule has 292 valence electrons. The predicted molar refractivity (Wildman–Crippen MR) is 219 cm³/mol. The number of phenolic OH excluding ortho intramolecular Hbond substituents is 1. The number of benzene rings is 4. The molecule has 0 bridgehead atoms. The number of carbonyl (C=O) groups excluding carboxylic acids is 3. The summed E-state index contributed by atoms with van der Waals surface area (Å²) in [6, 6.07) is 19.3. The van der Waals surface area contributed by atoms with Gasteiger partial charge in [-0.2, -0.15) is 4.79 Å². The maximum atomic E-state index is 11.3. The first kappa shape index (κ1) is 45.2. The third kappa shape index (κ3) is 12.1. The van der Waals surface area contributed by atoms with Gasteiger partial charge in [0.1, 0.15) is 17.2 Å². The number of aromatic hydroxyl groups is 1. The van der Waals surface area contributed by atoms with Crippen LogP contribution < -0.4 is 15.2 Å². The van der Waals surface area contributed by atoms with Crippen LogP contribution in [0.1, 0.15) is 27.8 Å². The summed E-state index contributed by atoms with van der Waals surface area (Å²) in [4.78, 5) is 36.4. The molecule has 0 fully saturated rings. The fourth-order valence-electron chi connectivity index (χ4n) is 5.05. The van der Waals surface area contributed by atoms with Gasteiger partial charge >= 0.3 is 23.6 Å². The molecule has 0 amide bonds. The van der Waals surface area contributed by atoms with Gasteiger partial charge in [-0.25, -0.2) is 14.4 Å². The largest absolute Gasteiger partial charge is 0.508 e. The van der Waals surface area contributed by atoms with Crippen molar-refractivity contribution in [3.8, 4) is 17.2 Å². The number of nitrogens with zero attached hydrogens (tertiary/aromatic N) is 2. The summed E-state index contributed by atoms with van der Waals surface area (Å²) in [5, 5.41) is 11.8. The molecule has 3 N–H and O–H groups in total. The van der Waals surface area contributed by atoms with Crippen molar-refractivity contribution in [1.29, 1.82) is 0 Å². The number of hydrogen-bond acceptors (Lipinski definition) is 10. The van der Waals surface area contributed by atoms with E-state index in [1.807, 2.05) is 12.1 Å². The number of halogens is 5. The zero-order valence-corrected chi connectivity index (χ0v) is 35.1. The summed E-state index contributed by atoms with van der Waals surface area (Å²) in [6.45, 7) is 2.08. The first-order valence-corrected chi connectivity index (χ1v) is 19.1. The van der Waals surface area contributed by atoms with Gasteiger partial charge in [0.25, 0.3) is 0 Å². The number of esters is 3. The van der Waals surface area contributed by atoms with Crippen LogP contribution in [0, 0.1) is 6.92 Å². The Labute approximate surface area is 351 Å². The number of fused-ring (bicyclic) bond motifs is 2. The van der Waals surface area contributed by atoms with Crippen molar-refractivity contribution in [2.45, 2.75) is 42.8 Å². The van der Waals surface area contributed by atoms with E-state index in [-0.39, 0.29) is 28.9 Å². The van der Waals surface area contributed by atoms with E-state index in [0.717, 1.165) is 20.6 Å². The molecule has 0 saturated heterocycles. The number of phenols is 1. The van der Waals surface area contributed by atoms with E-state index in [4.69, 9.17) is 67.1 Å². The van der Waals surface area contributed by atoms with Gasteiger partial charge in [0.2, 0.25) is 0 Å². The lowest BCUT2D eigenvalue weighted by atomic mass is 10.1. The normalized spacial score (nSPS) is 14.2. The first-order chi connectivity index (χ1) is 26.2. The van der Waals surface area contributed by atoms with Crippen LogP contribution in [-0.2, 0) is 52.3 Å². The van der Waals surface area contributed by atoms with E-state index in [9.17, 15) is 19.5 Å². The number of ether oxygens (including phenoxy) is 5. The molecule has 4 aromatic carbocycles. The van der Waals surface area contributed by atoms with Crippen molar-refractivity contribution in [3.05, 3.63) is 120 Å². The molecule has 0 aliphatic carbocycles. The number of aryl methyl sites for hydroxylation is 1. The Morgan fingerprint density at radius 3 is 1.82 bits per heavy atom. The van der Waals surface area contributed by atoms with Crippen LogP contribution in [0.2, 0.25) is 20.1 Å². The van der Waals surface area contributed by atoms with Crippen LogP contribution >= 0.6 is 69.0 Å². The number of anilines is 1. The minimum absolute atomic E-state index is 0.0717. The topological polar surface area (TPSA) is 180 Å². The second kappa shape index (κ2) is 21.7. The molecular weight excluding hydrogens is 911 g/mol. The molecule has 2 unspecified atom stereocenters. The van der Waals surface area contributed by atoms with Crippen LogP contribution in [-0.4, -0.2) is 67.1 Å². The summed E-state index contributed by atoms with van der Waals surface area (Å²) < 4.78 is 25.3.